The van der Waals surface area contributed by atoms with E-state index >= 15 is 0 Å². The van der Waals surface area contributed by atoms with Crippen LogP contribution in [0.4, 0.5) is 0 Å². The molecule has 0 saturated carbocycles. The smallest absolute Gasteiger partial charge is 0.0713 e. The van der Waals surface area contributed by atoms with Crippen molar-refractivity contribution in [2.24, 2.45) is 0 Å². The molecule has 0 spiro atoms. The maximum Gasteiger partial charge on any atom is 0.0713 e. The number of fused-ring (bicyclic) bond motifs is 9. The minimum absolute atomic E-state index is 0.543. The summed E-state index contributed by atoms with van der Waals surface area (Å²) in [6.07, 6.45) is 0. The van der Waals surface area contributed by atoms with Gasteiger partial charge in [0.1, 0.15) is 0 Å². The van der Waals surface area contributed by atoms with Gasteiger partial charge < -0.3 is 9.13 Å². The highest BCUT2D eigenvalue weighted by Crippen LogP contribution is 2.57. The highest BCUT2D eigenvalue weighted by molar-refractivity contribution is 6.13. The van der Waals surface area contributed by atoms with E-state index in [1.807, 2.05) is 0 Å². The van der Waals surface area contributed by atoms with Gasteiger partial charge in [0.05, 0.1) is 33.2 Å². The quantitative estimate of drug-likeness (QED) is 0.122. The largest absolute Gasteiger partial charge is 0.309 e. The zero-order chi connectivity index (χ0) is 61.4. The minimum atomic E-state index is -0.543. The van der Waals surface area contributed by atoms with E-state index in [0.29, 0.717) is 0 Å². The summed E-state index contributed by atoms with van der Waals surface area (Å²) in [5.41, 5.74) is 30.9. The molecule has 2 nitrogen and oxygen atoms in total. The van der Waals surface area contributed by atoms with Crippen molar-refractivity contribution in [2.75, 3.05) is 0 Å². The summed E-state index contributed by atoms with van der Waals surface area (Å²) in [5.74, 6) is 0. The molecule has 17 aromatic rings. The third-order valence-corrected chi connectivity index (χ3v) is 19.7. The zero-order valence-corrected chi connectivity index (χ0v) is 51.0. The SMILES string of the molecule is c1ccc(-c2ccc(-c3cccc(C4(c5cccc(-c6ccc(-c7ccc(-c8cccc(-n9c%10ccccc%10c%10cc(-c%11ccc%12c(c%11)c%11ccccc%11n%12-c%11ccccc%11-c%11ccccc%11)ccc%109)c8)cc7)cc6)c5)c5ccccc5-c5ccccc54)c3)cc2)cc1. The molecule has 2 aromatic heterocycles. The Balaban J connectivity index is 0.643. The van der Waals surface area contributed by atoms with E-state index < -0.39 is 5.41 Å². The Labute approximate surface area is 541 Å². The topological polar surface area (TPSA) is 9.86 Å². The summed E-state index contributed by atoms with van der Waals surface area (Å²) in [6, 6.07) is 135. The Kier molecular flexibility index (Phi) is 12.8. The Morgan fingerprint density at radius 1 is 0.183 bits per heavy atom. The standard InChI is InChI=1S/C91H60N2/c1-3-20-61(21-4-1)62-40-46-65(47-41-62)69-24-17-27-74(56-69)91(84-35-12-7-31-78(84)79-32-8-13-36-85(79)91)75-28-18-25-70(57-75)66-48-42-63(43-49-66)64-44-50-67(51-45-64)71-26-19-29-76(58-71)92-87-38-15-10-33-80(87)82-59-72(52-54-89(82)92)73-53-55-90-83(60-73)81-34-11-16-39-88(81)93(90)86-37-14-9-30-77(86)68-22-5-2-6-23-68/h1-60H. The van der Waals surface area contributed by atoms with Crippen molar-refractivity contribution in [1.29, 1.82) is 0 Å². The van der Waals surface area contributed by atoms with Crippen LogP contribution in [0.3, 0.4) is 0 Å². The average molecular weight is 1180 g/mol. The molecule has 2 heteroatoms. The van der Waals surface area contributed by atoms with E-state index in [1.165, 1.54) is 161 Å². The van der Waals surface area contributed by atoms with Crippen molar-refractivity contribution in [2.45, 2.75) is 5.41 Å². The Bertz CT molecular complexity index is 5670. The van der Waals surface area contributed by atoms with Crippen LogP contribution in [0.1, 0.15) is 22.3 Å². The number of aromatic nitrogens is 2. The van der Waals surface area contributed by atoms with Crippen LogP contribution in [0.5, 0.6) is 0 Å². The number of rotatable bonds is 11. The second-order valence-corrected chi connectivity index (χ2v) is 24.7. The summed E-state index contributed by atoms with van der Waals surface area (Å²) in [6.45, 7) is 0. The van der Waals surface area contributed by atoms with E-state index in [2.05, 4.69) is 373 Å². The number of hydrogen-bond acceptors (Lipinski definition) is 0. The third-order valence-electron chi connectivity index (χ3n) is 19.7. The van der Waals surface area contributed by atoms with Crippen LogP contribution in [-0.4, -0.2) is 9.13 Å². The lowest BCUT2D eigenvalue weighted by Crippen LogP contribution is -2.28. The van der Waals surface area contributed by atoms with Gasteiger partial charge in [-0.2, -0.15) is 0 Å². The summed E-state index contributed by atoms with van der Waals surface area (Å²) < 4.78 is 4.87. The molecular formula is C91H60N2. The van der Waals surface area contributed by atoms with Crippen LogP contribution < -0.4 is 0 Å². The van der Waals surface area contributed by atoms with E-state index in [-0.39, 0.29) is 0 Å². The Hall–Kier alpha value is -12.1. The lowest BCUT2D eigenvalue weighted by molar-refractivity contribution is 0.769. The van der Waals surface area contributed by atoms with Crippen molar-refractivity contribution in [3.8, 4) is 100 Å². The van der Waals surface area contributed by atoms with Gasteiger partial charge in [0.15, 0.2) is 0 Å². The van der Waals surface area contributed by atoms with Gasteiger partial charge in [-0.15, -0.1) is 0 Å². The van der Waals surface area contributed by atoms with Gasteiger partial charge in [0.2, 0.25) is 0 Å². The highest BCUT2D eigenvalue weighted by atomic mass is 15.0. The Morgan fingerprint density at radius 2 is 0.516 bits per heavy atom. The monoisotopic (exact) mass is 1180 g/mol. The van der Waals surface area contributed by atoms with E-state index in [9.17, 15) is 0 Å². The van der Waals surface area contributed by atoms with Crippen molar-refractivity contribution < 1.29 is 0 Å². The highest BCUT2D eigenvalue weighted by Gasteiger charge is 2.46. The van der Waals surface area contributed by atoms with Gasteiger partial charge >= 0.3 is 0 Å². The molecule has 0 fully saturated rings. The fraction of sp³-hybridized carbons (Fsp3) is 0.0110. The molecule has 0 N–H and O–H groups in total. The van der Waals surface area contributed by atoms with Crippen LogP contribution >= 0.6 is 0 Å². The lowest BCUT2D eigenvalue weighted by atomic mass is 9.67. The predicted octanol–water partition coefficient (Wildman–Crippen LogP) is 23.9. The molecule has 2 heterocycles. The van der Waals surface area contributed by atoms with Gasteiger partial charge in [-0.1, -0.05) is 297 Å². The first-order valence-electron chi connectivity index (χ1n) is 32.2. The zero-order valence-electron chi connectivity index (χ0n) is 51.0. The fourth-order valence-corrected chi connectivity index (χ4v) is 15.3. The van der Waals surface area contributed by atoms with Crippen molar-refractivity contribution >= 4 is 43.6 Å². The molecule has 93 heavy (non-hydrogen) atoms. The molecule has 1 aliphatic rings. The van der Waals surface area contributed by atoms with Crippen LogP contribution in [0.25, 0.3) is 144 Å². The van der Waals surface area contributed by atoms with Crippen LogP contribution in [0.15, 0.2) is 364 Å². The number of hydrogen-bond donors (Lipinski definition) is 0. The summed E-state index contributed by atoms with van der Waals surface area (Å²) in [4.78, 5) is 0. The van der Waals surface area contributed by atoms with Gasteiger partial charge in [-0.3, -0.25) is 0 Å². The van der Waals surface area contributed by atoms with Gasteiger partial charge in [0.25, 0.3) is 0 Å². The molecule has 0 aliphatic heterocycles. The molecule has 1 aliphatic carbocycles. The van der Waals surface area contributed by atoms with Crippen LogP contribution in [0, 0.1) is 0 Å². The first-order chi connectivity index (χ1) is 46.1. The second kappa shape index (κ2) is 22.1. The maximum atomic E-state index is 2.44. The summed E-state index contributed by atoms with van der Waals surface area (Å²) >= 11 is 0. The maximum absolute atomic E-state index is 2.44. The molecule has 434 valence electrons. The molecule has 0 amide bonds. The van der Waals surface area contributed by atoms with Crippen LogP contribution in [0.2, 0.25) is 0 Å². The molecule has 15 aromatic carbocycles. The summed E-state index contributed by atoms with van der Waals surface area (Å²) in [5, 5.41) is 4.94. The average Bonchev–Trinajstić information content (AvgIpc) is 1.57. The number of benzene rings is 15. The molecule has 0 unspecified atom stereocenters. The van der Waals surface area contributed by atoms with Gasteiger partial charge in [0, 0.05) is 32.8 Å². The van der Waals surface area contributed by atoms with E-state index in [0.717, 1.165) is 5.69 Å². The van der Waals surface area contributed by atoms with E-state index in [4.69, 9.17) is 0 Å². The molecular weight excluding hydrogens is 1120 g/mol. The number of nitrogens with zero attached hydrogens (tertiary/aromatic N) is 2. The van der Waals surface area contributed by atoms with Gasteiger partial charge in [-0.25, -0.2) is 0 Å². The Morgan fingerprint density at radius 3 is 1.03 bits per heavy atom. The van der Waals surface area contributed by atoms with Crippen molar-refractivity contribution in [3.63, 3.8) is 0 Å². The first kappa shape index (κ1) is 53.9. The third kappa shape index (κ3) is 8.94. The second-order valence-electron chi connectivity index (χ2n) is 24.7. The lowest BCUT2D eigenvalue weighted by Gasteiger charge is -2.34. The predicted molar refractivity (Wildman–Crippen MR) is 390 cm³/mol. The molecule has 18 rings (SSSR count). The van der Waals surface area contributed by atoms with Crippen molar-refractivity contribution in [3.05, 3.63) is 386 Å². The molecule has 0 atom stereocenters. The minimum Gasteiger partial charge on any atom is -0.309 e. The number of para-hydroxylation sites is 3. The van der Waals surface area contributed by atoms with E-state index in [1.54, 1.807) is 0 Å². The summed E-state index contributed by atoms with van der Waals surface area (Å²) in [7, 11) is 0. The first-order valence-corrected chi connectivity index (χ1v) is 32.2. The normalized spacial score (nSPS) is 12.4. The molecule has 0 radical (unpaired) electrons. The van der Waals surface area contributed by atoms with Crippen molar-refractivity contribution in [1.82, 2.24) is 9.13 Å². The van der Waals surface area contributed by atoms with Gasteiger partial charge in [-0.05, 0) is 172 Å². The molecule has 0 bridgehead atoms. The molecule has 0 saturated heterocycles. The fourth-order valence-electron chi connectivity index (χ4n) is 15.3. The van der Waals surface area contributed by atoms with Crippen LogP contribution in [-0.2, 0) is 5.41 Å².